The SMILES string of the molecule is CC(C)(C)OC(=O)N1CCC1Cn1ncc2ccc3occc3c21. The monoisotopic (exact) mass is 327 g/mol. The first-order valence-electron chi connectivity index (χ1n) is 8.24. The van der Waals surface area contributed by atoms with Crippen LogP contribution in [-0.4, -0.2) is 39.0 Å². The molecule has 24 heavy (non-hydrogen) atoms. The molecule has 4 rings (SSSR count). The molecule has 1 saturated heterocycles. The van der Waals surface area contributed by atoms with Crippen molar-refractivity contribution in [3.63, 3.8) is 0 Å². The molecule has 0 N–H and O–H groups in total. The van der Waals surface area contributed by atoms with E-state index in [0.29, 0.717) is 6.54 Å². The van der Waals surface area contributed by atoms with Crippen LogP contribution in [0.3, 0.4) is 0 Å². The molecule has 1 fully saturated rings. The molecule has 1 unspecified atom stereocenters. The summed E-state index contributed by atoms with van der Waals surface area (Å²) in [5.41, 5.74) is 1.43. The lowest BCUT2D eigenvalue weighted by Gasteiger charge is -2.41. The number of hydrogen-bond acceptors (Lipinski definition) is 4. The third-order valence-corrected chi connectivity index (χ3v) is 4.39. The van der Waals surface area contributed by atoms with Gasteiger partial charge in [-0.1, -0.05) is 0 Å². The van der Waals surface area contributed by atoms with E-state index in [-0.39, 0.29) is 12.1 Å². The van der Waals surface area contributed by atoms with Crippen LogP contribution in [0.1, 0.15) is 27.2 Å². The highest BCUT2D eigenvalue weighted by atomic mass is 16.6. The Morgan fingerprint density at radius 3 is 2.92 bits per heavy atom. The number of ether oxygens (including phenoxy) is 1. The molecule has 1 aliphatic heterocycles. The van der Waals surface area contributed by atoms with Crippen molar-refractivity contribution < 1.29 is 13.9 Å². The minimum Gasteiger partial charge on any atom is -0.464 e. The van der Waals surface area contributed by atoms with Gasteiger partial charge in [0, 0.05) is 17.3 Å². The maximum Gasteiger partial charge on any atom is 0.410 e. The third-order valence-electron chi connectivity index (χ3n) is 4.39. The van der Waals surface area contributed by atoms with Crippen LogP contribution in [0, 0.1) is 0 Å². The number of amides is 1. The molecule has 0 aliphatic carbocycles. The zero-order valence-electron chi connectivity index (χ0n) is 14.2. The maximum atomic E-state index is 12.3. The fraction of sp³-hybridized carbons (Fsp3) is 0.444. The smallest absolute Gasteiger partial charge is 0.410 e. The Hall–Kier alpha value is -2.50. The van der Waals surface area contributed by atoms with E-state index in [1.54, 1.807) is 11.2 Å². The number of carbonyl (C=O) groups excluding carboxylic acids is 1. The lowest BCUT2D eigenvalue weighted by Crippen LogP contribution is -2.54. The molecule has 0 saturated carbocycles. The van der Waals surface area contributed by atoms with E-state index in [1.165, 1.54) is 0 Å². The van der Waals surface area contributed by atoms with Crippen LogP contribution in [0.5, 0.6) is 0 Å². The first kappa shape index (κ1) is 15.1. The molecular formula is C18H21N3O3. The third kappa shape index (κ3) is 2.52. The first-order valence-corrected chi connectivity index (χ1v) is 8.24. The minimum atomic E-state index is -0.474. The molecule has 2 aromatic heterocycles. The van der Waals surface area contributed by atoms with Gasteiger partial charge in [-0.3, -0.25) is 4.68 Å². The van der Waals surface area contributed by atoms with Gasteiger partial charge in [0.25, 0.3) is 0 Å². The van der Waals surface area contributed by atoms with Gasteiger partial charge < -0.3 is 14.1 Å². The number of fused-ring (bicyclic) bond motifs is 3. The Balaban J connectivity index is 1.59. The first-order chi connectivity index (χ1) is 11.4. The zero-order chi connectivity index (χ0) is 16.9. The number of furan rings is 1. The van der Waals surface area contributed by atoms with Gasteiger partial charge in [0.1, 0.15) is 11.2 Å². The van der Waals surface area contributed by atoms with E-state index in [9.17, 15) is 4.79 Å². The Morgan fingerprint density at radius 2 is 2.21 bits per heavy atom. The van der Waals surface area contributed by atoms with Crippen molar-refractivity contribution in [1.82, 2.24) is 14.7 Å². The highest BCUT2D eigenvalue weighted by molar-refractivity contribution is 6.03. The molecular weight excluding hydrogens is 306 g/mol. The number of rotatable bonds is 2. The van der Waals surface area contributed by atoms with Crippen LogP contribution < -0.4 is 0 Å². The quantitative estimate of drug-likeness (QED) is 0.718. The summed E-state index contributed by atoms with van der Waals surface area (Å²) in [6.07, 6.45) is 4.27. The van der Waals surface area contributed by atoms with Crippen LogP contribution in [0.2, 0.25) is 0 Å². The number of carbonyl (C=O) groups is 1. The van der Waals surface area contributed by atoms with E-state index in [4.69, 9.17) is 9.15 Å². The summed E-state index contributed by atoms with van der Waals surface area (Å²) in [6, 6.07) is 6.05. The van der Waals surface area contributed by atoms with Crippen molar-refractivity contribution >= 4 is 28.0 Å². The predicted octanol–water partition coefficient (Wildman–Crippen LogP) is 3.79. The summed E-state index contributed by atoms with van der Waals surface area (Å²) >= 11 is 0. The van der Waals surface area contributed by atoms with Gasteiger partial charge >= 0.3 is 6.09 Å². The molecule has 1 amide bonds. The lowest BCUT2D eigenvalue weighted by atomic mass is 10.0. The highest BCUT2D eigenvalue weighted by Gasteiger charge is 2.35. The van der Waals surface area contributed by atoms with Gasteiger partial charge in [-0.15, -0.1) is 0 Å². The van der Waals surface area contributed by atoms with Gasteiger partial charge in [-0.25, -0.2) is 4.79 Å². The predicted molar refractivity (Wildman–Crippen MR) is 90.9 cm³/mol. The largest absolute Gasteiger partial charge is 0.464 e. The molecule has 3 heterocycles. The molecule has 0 radical (unpaired) electrons. The molecule has 1 aliphatic rings. The molecule has 126 valence electrons. The number of nitrogens with zero attached hydrogens (tertiary/aromatic N) is 3. The fourth-order valence-corrected chi connectivity index (χ4v) is 3.16. The van der Waals surface area contributed by atoms with Crippen LogP contribution >= 0.6 is 0 Å². The fourth-order valence-electron chi connectivity index (χ4n) is 3.16. The molecule has 1 atom stereocenters. The Labute approximate surface area is 140 Å². The van der Waals surface area contributed by atoms with Crippen LogP contribution in [-0.2, 0) is 11.3 Å². The Kier molecular flexibility index (Phi) is 3.30. The van der Waals surface area contributed by atoms with E-state index in [1.807, 2.05) is 49.8 Å². The van der Waals surface area contributed by atoms with E-state index in [2.05, 4.69) is 5.10 Å². The van der Waals surface area contributed by atoms with E-state index < -0.39 is 5.60 Å². The number of hydrogen-bond donors (Lipinski definition) is 0. The lowest BCUT2D eigenvalue weighted by molar-refractivity contribution is -0.00860. The van der Waals surface area contributed by atoms with Gasteiger partial charge in [0.05, 0.1) is 30.6 Å². The number of likely N-dealkylation sites (tertiary alicyclic amines) is 1. The van der Waals surface area contributed by atoms with Gasteiger partial charge in [0.15, 0.2) is 0 Å². The second kappa shape index (κ2) is 5.26. The molecule has 0 bridgehead atoms. The van der Waals surface area contributed by atoms with Crippen molar-refractivity contribution in [3.8, 4) is 0 Å². The van der Waals surface area contributed by atoms with Crippen molar-refractivity contribution in [2.75, 3.05) is 6.54 Å². The second-order valence-electron chi connectivity index (χ2n) is 7.28. The average Bonchev–Trinajstić information content (AvgIpc) is 3.07. The molecule has 3 aromatic rings. The van der Waals surface area contributed by atoms with Crippen molar-refractivity contribution in [2.24, 2.45) is 0 Å². The number of aromatic nitrogens is 2. The maximum absolute atomic E-state index is 12.3. The van der Waals surface area contributed by atoms with Crippen LogP contribution in [0.4, 0.5) is 4.79 Å². The van der Waals surface area contributed by atoms with Crippen molar-refractivity contribution in [3.05, 3.63) is 30.7 Å². The molecule has 6 nitrogen and oxygen atoms in total. The normalized spacial score (nSPS) is 18.1. The summed E-state index contributed by atoms with van der Waals surface area (Å²) in [5.74, 6) is 0. The standard InChI is InChI=1S/C18H21N3O3/c1-18(2,3)24-17(22)20-8-6-13(20)11-21-16-12(10-19-21)4-5-15-14(16)7-9-23-15/h4-5,7,9-10,13H,6,8,11H2,1-3H3. The Bertz CT molecular complexity index is 903. The molecule has 0 spiro atoms. The number of benzene rings is 1. The molecule has 1 aromatic carbocycles. The van der Waals surface area contributed by atoms with Crippen molar-refractivity contribution in [1.29, 1.82) is 0 Å². The van der Waals surface area contributed by atoms with E-state index in [0.717, 1.165) is 34.8 Å². The van der Waals surface area contributed by atoms with Gasteiger partial charge in [0.2, 0.25) is 0 Å². The highest BCUT2D eigenvalue weighted by Crippen LogP contribution is 2.28. The summed E-state index contributed by atoms with van der Waals surface area (Å²) in [5, 5.41) is 6.64. The van der Waals surface area contributed by atoms with Gasteiger partial charge in [-0.2, -0.15) is 5.10 Å². The van der Waals surface area contributed by atoms with E-state index >= 15 is 0 Å². The summed E-state index contributed by atoms with van der Waals surface area (Å²) in [4.78, 5) is 14.1. The van der Waals surface area contributed by atoms with Crippen LogP contribution in [0.25, 0.3) is 21.9 Å². The Morgan fingerprint density at radius 1 is 1.38 bits per heavy atom. The van der Waals surface area contributed by atoms with Crippen molar-refractivity contribution in [2.45, 2.75) is 45.4 Å². The van der Waals surface area contributed by atoms with Crippen LogP contribution in [0.15, 0.2) is 35.1 Å². The molecule has 6 heteroatoms. The summed E-state index contributed by atoms with van der Waals surface area (Å²) in [6.45, 7) is 7.05. The summed E-state index contributed by atoms with van der Waals surface area (Å²) < 4.78 is 12.9. The topological polar surface area (TPSA) is 60.5 Å². The summed E-state index contributed by atoms with van der Waals surface area (Å²) in [7, 11) is 0. The second-order valence-corrected chi connectivity index (χ2v) is 7.28. The van der Waals surface area contributed by atoms with Gasteiger partial charge in [-0.05, 0) is 45.4 Å². The average molecular weight is 327 g/mol. The minimum absolute atomic E-state index is 0.116. The zero-order valence-corrected chi connectivity index (χ0v) is 14.2.